The van der Waals surface area contributed by atoms with E-state index in [-0.39, 0.29) is 0 Å². The van der Waals surface area contributed by atoms with Gasteiger partial charge in [0.1, 0.15) is 0 Å². The second-order valence-electron chi connectivity index (χ2n) is 3.72. The van der Waals surface area contributed by atoms with Crippen LogP contribution in [0.3, 0.4) is 0 Å². The largest absolute Gasteiger partial charge is 0.356 e. The van der Waals surface area contributed by atoms with Crippen molar-refractivity contribution in [3.05, 3.63) is 42.0 Å². The minimum Gasteiger partial charge on any atom is -0.356 e. The molecule has 0 aliphatic carbocycles. The average molecular weight is 216 g/mol. The molecule has 2 heterocycles. The highest BCUT2D eigenvalue weighted by atomic mass is 15.2. The summed E-state index contributed by atoms with van der Waals surface area (Å²) in [5.74, 6) is 0.928. The van der Waals surface area contributed by atoms with E-state index in [1.165, 1.54) is 5.56 Å². The summed E-state index contributed by atoms with van der Waals surface area (Å²) in [7, 11) is 0. The molecule has 4 heteroatoms. The molecular weight excluding hydrogens is 200 g/mol. The second-order valence-corrected chi connectivity index (χ2v) is 3.72. The normalized spacial score (nSPS) is 10.4. The van der Waals surface area contributed by atoms with Gasteiger partial charge in [-0.05, 0) is 31.5 Å². The van der Waals surface area contributed by atoms with Gasteiger partial charge in [-0.15, -0.1) is 0 Å². The standard InChI is InChI=1S/C12H16N4/c1-3-14-12-15-10(2)8-16(12)9-11-4-6-13-7-5-11/h4-8H,3,9H2,1-2H3,(H,14,15). The summed E-state index contributed by atoms with van der Waals surface area (Å²) >= 11 is 0. The third-order valence-corrected chi connectivity index (χ3v) is 2.33. The number of aromatic nitrogens is 3. The van der Waals surface area contributed by atoms with Crippen molar-refractivity contribution in [2.75, 3.05) is 11.9 Å². The molecule has 4 nitrogen and oxygen atoms in total. The zero-order chi connectivity index (χ0) is 11.4. The van der Waals surface area contributed by atoms with Crippen LogP contribution in [0.2, 0.25) is 0 Å². The van der Waals surface area contributed by atoms with Crippen LogP contribution in [0.15, 0.2) is 30.7 Å². The van der Waals surface area contributed by atoms with E-state index in [4.69, 9.17) is 0 Å². The molecule has 0 aliphatic heterocycles. The molecule has 0 unspecified atom stereocenters. The maximum atomic E-state index is 4.43. The van der Waals surface area contributed by atoms with Crippen LogP contribution in [0, 0.1) is 6.92 Å². The topological polar surface area (TPSA) is 42.7 Å². The number of aryl methyl sites for hydroxylation is 1. The molecule has 1 N–H and O–H groups in total. The lowest BCUT2D eigenvalue weighted by atomic mass is 10.3. The fraction of sp³-hybridized carbons (Fsp3) is 0.333. The Labute approximate surface area is 95.4 Å². The molecule has 2 aromatic rings. The van der Waals surface area contributed by atoms with Crippen LogP contribution in [-0.4, -0.2) is 21.1 Å². The van der Waals surface area contributed by atoms with Gasteiger partial charge in [0.2, 0.25) is 5.95 Å². The van der Waals surface area contributed by atoms with Crippen LogP contribution in [0.25, 0.3) is 0 Å². The fourth-order valence-corrected chi connectivity index (χ4v) is 1.65. The molecule has 0 atom stereocenters. The number of nitrogens with one attached hydrogen (secondary N) is 1. The van der Waals surface area contributed by atoms with E-state index in [0.29, 0.717) is 0 Å². The van der Waals surface area contributed by atoms with E-state index in [2.05, 4.69) is 33.0 Å². The van der Waals surface area contributed by atoms with Gasteiger partial charge in [-0.2, -0.15) is 0 Å². The molecule has 0 aliphatic rings. The van der Waals surface area contributed by atoms with E-state index in [1.807, 2.05) is 31.5 Å². The lowest BCUT2D eigenvalue weighted by molar-refractivity contribution is 0.798. The fourth-order valence-electron chi connectivity index (χ4n) is 1.65. The minimum absolute atomic E-state index is 0.825. The zero-order valence-corrected chi connectivity index (χ0v) is 9.64. The van der Waals surface area contributed by atoms with Crippen LogP contribution in [0.4, 0.5) is 5.95 Å². The lowest BCUT2D eigenvalue weighted by Gasteiger charge is -2.07. The van der Waals surface area contributed by atoms with Crippen molar-refractivity contribution >= 4 is 5.95 Å². The van der Waals surface area contributed by atoms with Crippen LogP contribution < -0.4 is 5.32 Å². The van der Waals surface area contributed by atoms with Crippen LogP contribution in [-0.2, 0) is 6.54 Å². The van der Waals surface area contributed by atoms with Gasteiger partial charge < -0.3 is 9.88 Å². The van der Waals surface area contributed by atoms with E-state index in [9.17, 15) is 0 Å². The molecule has 84 valence electrons. The van der Waals surface area contributed by atoms with Gasteiger partial charge in [-0.3, -0.25) is 4.98 Å². The predicted molar refractivity (Wildman–Crippen MR) is 64.5 cm³/mol. The van der Waals surface area contributed by atoms with E-state index < -0.39 is 0 Å². The highest BCUT2D eigenvalue weighted by molar-refractivity contribution is 5.30. The van der Waals surface area contributed by atoms with E-state index >= 15 is 0 Å². The number of rotatable bonds is 4. The number of hydrogen-bond acceptors (Lipinski definition) is 3. The smallest absolute Gasteiger partial charge is 0.203 e. The number of imidazole rings is 1. The van der Waals surface area contributed by atoms with Gasteiger partial charge in [0.25, 0.3) is 0 Å². The Kier molecular flexibility index (Phi) is 3.19. The molecule has 0 saturated heterocycles. The summed E-state index contributed by atoms with van der Waals surface area (Å²) in [6, 6.07) is 4.04. The summed E-state index contributed by atoms with van der Waals surface area (Å²) in [4.78, 5) is 8.44. The number of hydrogen-bond donors (Lipinski definition) is 1. The molecule has 0 radical (unpaired) electrons. The first-order valence-electron chi connectivity index (χ1n) is 5.46. The monoisotopic (exact) mass is 216 g/mol. The SMILES string of the molecule is CCNc1nc(C)cn1Cc1ccncc1. The van der Waals surface area contributed by atoms with Crippen molar-refractivity contribution in [3.8, 4) is 0 Å². The first-order valence-corrected chi connectivity index (χ1v) is 5.46. The lowest BCUT2D eigenvalue weighted by Crippen LogP contribution is -2.07. The Hall–Kier alpha value is -1.84. The van der Waals surface area contributed by atoms with Crippen LogP contribution >= 0.6 is 0 Å². The Morgan fingerprint density at radius 2 is 2.06 bits per heavy atom. The molecule has 0 saturated carbocycles. The highest BCUT2D eigenvalue weighted by Crippen LogP contribution is 2.11. The van der Waals surface area contributed by atoms with Crippen LogP contribution in [0.5, 0.6) is 0 Å². The Balaban J connectivity index is 2.20. The number of nitrogens with zero attached hydrogens (tertiary/aromatic N) is 3. The Bertz CT molecular complexity index is 447. The van der Waals surface area contributed by atoms with Crippen molar-refractivity contribution in [2.45, 2.75) is 20.4 Å². The van der Waals surface area contributed by atoms with E-state index in [1.54, 1.807) is 0 Å². The highest BCUT2D eigenvalue weighted by Gasteiger charge is 2.04. The Morgan fingerprint density at radius 3 is 2.75 bits per heavy atom. The van der Waals surface area contributed by atoms with Crippen molar-refractivity contribution < 1.29 is 0 Å². The number of anilines is 1. The zero-order valence-electron chi connectivity index (χ0n) is 9.64. The maximum absolute atomic E-state index is 4.43. The van der Waals surface area contributed by atoms with Gasteiger partial charge in [-0.25, -0.2) is 4.98 Å². The van der Waals surface area contributed by atoms with Gasteiger partial charge >= 0.3 is 0 Å². The summed E-state index contributed by atoms with van der Waals surface area (Å²) in [6.45, 7) is 5.78. The van der Waals surface area contributed by atoms with Gasteiger partial charge in [-0.1, -0.05) is 0 Å². The number of pyridine rings is 1. The third-order valence-electron chi connectivity index (χ3n) is 2.33. The molecule has 0 spiro atoms. The van der Waals surface area contributed by atoms with Crippen LogP contribution in [0.1, 0.15) is 18.2 Å². The summed E-state index contributed by atoms with van der Waals surface area (Å²) in [5.41, 5.74) is 2.26. The summed E-state index contributed by atoms with van der Waals surface area (Å²) in [6.07, 6.45) is 5.68. The van der Waals surface area contributed by atoms with Gasteiger partial charge in [0.05, 0.1) is 12.2 Å². The molecule has 0 aromatic carbocycles. The second kappa shape index (κ2) is 4.79. The first-order chi connectivity index (χ1) is 7.79. The third kappa shape index (κ3) is 2.39. The Morgan fingerprint density at radius 1 is 1.31 bits per heavy atom. The summed E-state index contributed by atoms with van der Waals surface area (Å²) < 4.78 is 2.12. The van der Waals surface area contributed by atoms with Crippen molar-refractivity contribution in [1.29, 1.82) is 0 Å². The molecule has 0 bridgehead atoms. The summed E-state index contributed by atoms with van der Waals surface area (Å²) in [5, 5.41) is 3.25. The molecule has 0 fully saturated rings. The van der Waals surface area contributed by atoms with E-state index in [0.717, 1.165) is 24.7 Å². The van der Waals surface area contributed by atoms with Gasteiger partial charge in [0.15, 0.2) is 0 Å². The quantitative estimate of drug-likeness (QED) is 0.850. The van der Waals surface area contributed by atoms with Crippen molar-refractivity contribution in [2.24, 2.45) is 0 Å². The molecule has 2 aromatic heterocycles. The molecule has 0 amide bonds. The average Bonchev–Trinajstić information content (AvgIpc) is 2.61. The molecular formula is C12H16N4. The predicted octanol–water partition coefficient (Wildman–Crippen LogP) is 2.07. The molecule has 16 heavy (non-hydrogen) atoms. The van der Waals surface area contributed by atoms with Crippen molar-refractivity contribution in [3.63, 3.8) is 0 Å². The van der Waals surface area contributed by atoms with Crippen molar-refractivity contribution in [1.82, 2.24) is 14.5 Å². The minimum atomic E-state index is 0.825. The molecule has 2 rings (SSSR count). The maximum Gasteiger partial charge on any atom is 0.203 e. The first kappa shape index (κ1) is 10.7. The van der Waals surface area contributed by atoms with Gasteiger partial charge in [0, 0.05) is 25.1 Å².